The summed E-state index contributed by atoms with van der Waals surface area (Å²) in [6.45, 7) is 0. The highest BCUT2D eigenvalue weighted by atomic mass is 35.5. The predicted octanol–water partition coefficient (Wildman–Crippen LogP) is 4.03. The van der Waals surface area contributed by atoms with Gasteiger partial charge in [-0.1, -0.05) is 11.6 Å². The molecule has 18 heavy (non-hydrogen) atoms. The molecule has 1 N–H and O–H groups in total. The standard InChI is InChI=1S/C9H4ClF3N2OS2/c10-4-1-6(17-2-4)5-3-18-8(14-5)15-7(16)9(11,12)13/h1-3H,(H,14,15,16). The van der Waals surface area contributed by atoms with Crippen LogP contribution in [-0.4, -0.2) is 17.1 Å². The fraction of sp³-hybridized carbons (Fsp3) is 0.111. The first-order valence-electron chi connectivity index (χ1n) is 4.44. The Morgan fingerprint density at radius 1 is 1.33 bits per heavy atom. The minimum Gasteiger partial charge on any atom is -0.294 e. The van der Waals surface area contributed by atoms with E-state index in [1.807, 2.05) is 0 Å². The van der Waals surface area contributed by atoms with E-state index < -0.39 is 12.1 Å². The van der Waals surface area contributed by atoms with Gasteiger partial charge >= 0.3 is 12.1 Å². The number of carbonyl (C=O) groups excluding carboxylic acids is 1. The quantitative estimate of drug-likeness (QED) is 0.910. The molecule has 96 valence electrons. The first-order chi connectivity index (χ1) is 8.36. The van der Waals surface area contributed by atoms with Crippen molar-refractivity contribution in [3.05, 3.63) is 21.8 Å². The summed E-state index contributed by atoms with van der Waals surface area (Å²) in [5.74, 6) is -2.03. The van der Waals surface area contributed by atoms with Gasteiger partial charge in [-0.3, -0.25) is 10.1 Å². The van der Waals surface area contributed by atoms with E-state index in [9.17, 15) is 18.0 Å². The van der Waals surface area contributed by atoms with Crippen molar-refractivity contribution in [1.82, 2.24) is 4.98 Å². The summed E-state index contributed by atoms with van der Waals surface area (Å²) < 4.78 is 36.1. The van der Waals surface area contributed by atoms with Gasteiger partial charge in [0.1, 0.15) is 0 Å². The van der Waals surface area contributed by atoms with Gasteiger partial charge in [0.2, 0.25) is 0 Å². The molecule has 1 amide bonds. The lowest BCUT2D eigenvalue weighted by Crippen LogP contribution is -2.29. The zero-order chi connectivity index (χ0) is 13.3. The van der Waals surface area contributed by atoms with Crippen molar-refractivity contribution < 1.29 is 18.0 Å². The molecule has 0 aliphatic rings. The lowest BCUT2D eigenvalue weighted by molar-refractivity contribution is -0.167. The number of amides is 1. The van der Waals surface area contributed by atoms with E-state index in [-0.39, 0.29) is 5.13 Å². The Morgan fingerprint density at radius 2 is 2.06 bits per heavy atom. The van der Waals surface area contributed by atoms with Crippen LogP contribution in [0, 0.1) is 0 Å². The van der Waals surface area contributed by atoms with Crippen molar-refractivity contribution in [2.45, 2.75) is 6.18 Å². The van der Waals surface area contributed by atoms with E-state index in [1.165, 1.54) is 11.3 Å². The van der Waals surface area contributed by atoms with Gasteiger partial charge in [0.05, 0.1) is 15.6 Å². The molecule has 9 heteroatoms. The van der Waals surface area contributed by atoms with Crippen LogP contribution in [-0.2, 0) is 4.79 Å². The van der Waals surface area contributed by atoms with Crippen LogP contribution in [0.2, 0.25) is 5.02 Å². The molecule has 0 aromatic carbocycles. The number of nitrogens with zero attached hydrogens (tertiary/aromatic N) is 1. The second kappa shape index (κ2) is 4.87. The van der Waals surface area contributed by atoms with Crippen LogP contribution < -0.4 is 5.32 Å². The van der Waals surface area contributed by atoms with Gasteiger partial charge in [0, 0.05) is 10.8 Å². The smallest absolute Gasteiger partial charge is 0.294 e. The van der Waals surface area contributed by atoms with Gasteiger partial charge in [-0.25, -0.2) is 4.98 Å². The first-order valence-corrected chi connectivity index (χ1v) is 6.58. The third-order valence-electron chi connectivity index (χ3n) is 1.80. The summed E-state index contributed by atoms with van der Waals surface area (Å²) in [5, 5.41) is 5.36. The predicted molar refractivity (Wildman–Crippen MR) is 65.1 cm³/mol. The van der Waals surface area contributed by atoms with Gasteiger partial charge in [-0.15, -0.1) is 22.7 Å². The van der Waals surface area contributed by atoms with E-state index in [4.69, 9.17) is 11.6 Å². The molecule has 2 rings (SSSR count). The number of thiazole rings is 1. The molecule has 0 bridgehead atoms. The van der Waals surface area contributed by atoms with E-state index in [1.54, 1.807) is 22.1 Å². The van der Waals surface area contributed by atoms with Crippen LogP contribution in [0.3, 0.4) is 0 Å². The number of aromatic nitrogens is 1. The number of hydrogen-bond donors (Lipinski definition) is 1. The second-order valence-corrected chi connectivity index (χ2v) is 5.32. The number of alkyl halides is 3. The van der Waals surface area contributed by atoms with Gasteiger partial charge in [0.25, 0.3) is 0 Å². The topological polar surface area (TPSA) is 42.0 Å². The minimum absolute atomic E-state index is 0.100. The van der Waals surface area contributed by atoms with Gasteiger partial charge in [-0.2, -0.15) is 13.2 Å². The highest BCUT2D eigenvalue weighted by molar-refractivity contribution is 7.16. The SMILES string of the molecule is O=C(Nc1nc(-c2cc(Cl)cs2)cs1)C(F)(F)F. The van der Waals surface area contributed by atoms with Crippen molar-refractivity contribution >= 4 is 45.3 Å². The molecule has 0 fully saturated rings. The molecule has 0 spiro atoms. The van der Waals surface area contributed by atoms with Crippen LogP contribution in [0.4, 0.5) is 18.3 Å². The number of halogens is 4. The summed E-state index contributed by atoms with van der Waals surface area (Å²) in [7, 11) is 0. The number of hydrogen-bond acceptors (Lipinski definition) is 4. The van der Waals surface area contributed by atoms with Crippen LogP contribution in [0.25, 0.3) is 10.6 Å². The molecule has 0 radical (unpaired) electrons. The zero-order valence-corrected chi connectivity index (χ0v) is 10.8. The number of anilines is 1. The molecule has 2 aromatic heterocycles. The lowest BCUT2D eigenvalue weighted by Gasteiger charge is -2.04. The molecule has 0 saturated heterocycles. The fourth-order valence-electron chi connectivity index (χ4n) is 1.06. The Bertz CT molecular complexity index is 578. The van der Waals surface area contributed by atoms with E-state index in [0.717, 1.165) is 16.2 Å². The third kappa shape index (κ3) is 3.01. The van der Waals surface area contributed by atoms with Crippen LogP contribution in [0.1, 0.15) is 0 Å². The molecular weight excluding hydrogens is 309 g/mol. The average Bonchev–Trinajstić information content (AvgIpc) is 2.85. The van der Waals surface area contributed by atoms with E-state index in [0.29, 0.717) is 10.7 Å². The Morgan fingerprint density at radius 3 is 2.61 bits per heavy atom. The van der Waals surface area contributed by atoms with Crippen LogP contribution in [0.5, 0.6) is 0 Å². The van der Waals surface area contributed by atoms with Gasteiger partial charge < -0.3 is 0 Å². The summed E-state index contributed by atoms with van der Waals surface area (Å²) in [6, 6.07) is 1.65. The fourth-order valence-corrected chi connectivity index (χ4v) is 2.88. The summed E-state index contributed by atoms with van der Waals surface area (Å²) >= 11 is 7.97. The highest BCUT2D eigenvalue weighted by Gasteiger charge is 2.39. The molecule has 0 aliphatic carbocycles. The molecule has 3 nitrogen and oxygen atoms in total. The van der Waals surface area contributed by atoms with Gasteiger partial charge in [0.15, 0.2) is 5.13 Å². The molecule has 0 atom stereocenters. The molecule has 2 heterocycles. The Hall–Kier alpha value is -1.12. The Kier molecular flexibility index (Phi) is 3.60. The highest BCUT2D eigenvalue weighted by Crippen LogP contribution is 2.32. The van der Waals surface area contributed by atoms with Crippen LogP contribution >= 0.6 is 34.3 Å². The van der Waals surface area contributed by atoms with E-state index >= 15 is 0 Å². The number of rotatable bonds is 2. The van der Waals surface area contributed by atoms with Crippen LogP contribution in [0.15, 0.2) is 16.8 Å². The molecule has 0 aliphatic heterocycles. The number of nitrogens with one attached hydrogen (secondary N) is 1. The second-order valence-electron chi connectivity index (χ2n) is 3.12. The maximum Gasteiger partial charge on any atom is 0.471 e. The molecular formula is C9H4ClF3N2OS2. The maximum atomic E-state index is 12.0. The van der Waals surface area contributed by atoms with E-state index in [2.05, 4.69) is 4.98 Å². The normalized spacial score (nSPS) is 11.6. The van der Waals surface area contributed by atoms with Crippen molar-refractivity contribution in [3.63, 3.8) is 0 Å². The Balaban J connectivity index is 2.14. The minimum atomic E-state index is -4.92. The maximum absolute atomic E-state index is 12.0. The van der Waals surface area contributed by atoms with Crippen molar-refractivity contribution in [2.24, 2.45) is 0 Å². The molecule has 0 saturated carbocycles. The lowest BCUT2D eigenvalue weighted by atomic mass is 10.4. The summed E-state index contributed by atoms with van der Waals surface area (Å²) in [5.41, 5.74) is 0.481. The van der Waals surface area contributed by atoms with Crippen molar-refractivity contribution in [1.29, 1.82) is 0 Å². The summed E-state index contributed by atoms with van der Waals surface area (Å²) in [6.07, 6.45) is -4.92. The molecule has 0 unspecified atom stereocenters. The van der Waals surface area contributed by atoms with Crippen molar-refractivity contribution in [3.8, 4) is 10.6 Å². The monoisotopic (exact) mass is 312 g/mol. The van der Waals surface area contributed by atoms with Gasteiger partial charge in [-0.05, 0) is 6.07 Å². The first kappa shape index (κ1) is 13.3. The number of thiophene rings is 1. The largest absolute Gasteiger partial charge is 0.471 e. The molecule has 2 aromatic rings. The third-order valence-corrected chi connectivity index (χ3v) is 3.86. The average molecular weight is 313 g/mol. The number of carbonyl (C=O) groups is 1. The summed E-state index contributed by atoms with van der Waals surface area (Å²) in [4.78, 5) is 15.3. The zero-order valence-electron chi connectivity index (χ0n) is 8.42. The van der Waals surface area contributed by atoms with Crippen molar-refractivity contribution in [2.75, 3.05) is 5.32 Å². The Labute approximate surface area is 112 Å².